The maximum absolute atomic E-state index is 10.9. The molecular weight excluding hydrogens is 162 g/mol. The second-order valence-electron chi connectivity index (χ2n) is 4.08. The second kappa shape index (κ2) is 4.56. The van der Waals surface area contributed by atoms with E-state index in [-0.39, 0.29) is 5.78 Å². The number of Topliss-reactive ketones (excluding diaryl/α,β-unsaturated/α-hetero) is 1. The second-order valence-corrected chi connectivity index (χ2v) is 4.08. The van der Waals surface area contributed by atoms with Crippen molar-refractivity contribution in [1.82, 2.24) is 4.90 Å². The van der Waals surface area contributed by atoms with Gasteiger partial charge < -0.3 is 0 Å². The van der Waals surface area contributed by atoms with Crippen molar-refractivity contribution in [2.45, 2.75) is 39.7 Å². The first-order chi connectivity index (χ1) is 6.09. The molecule has 0 radical (unpaired) electrons. The first kappa shape index (κ1) is 10.5. The van der Waals surface area contributed by atoms with Crippen LogP contribution in [0, 0.1) is 0 Å². The highest BCUT2D eigenvalue weighted by Crippen LogP contribution is 2.15. The molecule has 0 saturated heterocycles. The molecule has 1 rings (SSSR count). The zero-order valence-corrected chi connectivity index (χ0v) is 8.84. The van der Waals surface area contributed by atoms with Gasteiger partial charge in [-0.2, -0.15) is 0 Å². The maximum atomic E-state index is 10.9. The normalized spacial score (nSPS) is 18.9. The largest absolute Gasteiger partial charge is 0.300 e. The van der Waals surface area contributed by atoms with Crippen LogP contribution in [0.3, 0.4) is 0 Å². The van der Waals surface area contributed by atoms with Gasteiger partial charge >= 0.3 is 0 Å². The van der Waals surface area contributed by atoms with E-state index in [0.717, 1.165) is 19.5 Å². The number of carbonyl (C=O) groups excluding carboxylic acids is 1. The highest BCUT2D eigenvalue weighted by Gasteiger charge is 2.14. The highest BCUT2D eigenvalue weighted by molar-refractivity contribution is 5.78. The van der Waals surface area contributed by atoms with E-state index in [4.69, 9.17) is 0 Å². The number of carbonyl (C=O) groups is 1. The van der Waals surface area contributed by atoms with Gasteiger partial charge in [-0.1, -0.05) is 11.6 Å². The third-order valence-corrected chi connectivity index (χ3v) is 2.54. The van der Waals surface area contributed by atoms with Crippen molar-refractivity contribution in [3.8, 4) is 0 Å². The Balaban J connectivity index is 2.43. The Kier molecular flexibility index (Phi) is 3.67. The van der Waals surface area contributed by atoms with Crippen LogP contribution in [-0.2, 0) is 4.79 Å². The third-order valence-electron chi connectivity index (χ3n) is 2.54. The summed E-state index contributed by atoms with van der Waals surface area (Å²) < 4.78 is 0. The van der Waals surface area contributed by atoms with Crippen molar-refractivity contribution in [2.75, 3.05) is 13.1 Å². The molecule has 0 saturated carbocycles. The SMILES string of the molecule is CC(=O)CC1=CCN(C(C)C)CC1. The minimum absolute atomic E-state index is 0.282. The lowest BCUT2D eigenvalue weighted by Gasteiger charge is -2.29. The molecule has 0 aliphatic carbocycles. The molecule has 0 amide bonds. The zero-order chi connectivity index (χ0) is 9.84. The fourth-order valence-electron chi connectivity index (χ4n) is 1.68. The molecule has 0 N–H and O–H groups in total. The summed E-state index contributed by atoms with van der Waals surface area (Å²) in [5, 5.41) is 0. The molecule has 1 aliphatic rings. The minimum Gasteiger partial charge on any atom is -0.300 e. The van der Waals surface area contributed by atoms with Gasteiger partial charge in [0.05, 0.1) is 0 Å². The Morgan fingerprint density at radius 3 is 2.69 bits per heavy atom. The number of hydrogen-bond donors (Lipinski definition) is 0. The van der Waals surface area contributed by atoms with E-state index in [0.29, 0.717) is 12.5 Å². The summed E-state index contributed by atoms with van der Waals surface area (Å²) in [5.41, 5.74) is 1.32. The molecule has 2 heteroatoms. The molecule has 0 aromatic carbocycles. The van der Waals surface area contributed by atoms with E-state index < -0.39 is 0 Å². The van der Waals surface area contributed by atoms with Gasteiger partial charge in [-0.05, 0) is 27.2 Å². The van der Waals surface area contributed by atoms with Gasteiger partial charge in [0, 0.05) is 25.6 Å². The molecule has 0 spiro atoms. The molecule has 0 aromatic heterocycles. The van der Waals surface area contributed by atoms with Crippen LogP contribution < -0.4 is 0 Å². The topological polar surface area (TPSA) is 20.3 Å². The predicted molar refractivity (Wildman–Crippen MR) is 54.7 cm³/mol. The summed E-state index contributed by atoms with van der Waals surface area (Å²) in [5.74, 6) is 0.282. The van der Waals surface area contributed by atoms with Crippen LogP contribution in [0.4, 0.5) is 0 Å². The van der Waals surface area contributed by atoms with Gasteiger partial charge in [-0.15, -0.1) is 0 Å². The van der Waals surface area contributed by atoms with E-state index in [2.05, 4.69) is 24.8 Å². The summed E-state index contributed by atoms with van der Waals surface area (Å²) >= 11 is 0. The minimum atomic E-state index is 0.282. The van der Waals surface area contributed by atoms with Gasteiger partial charge in [0.1, 0.15) is 5.78 Å². The molecule has 0 unspecified atom stereocenters. The van der Waals surface area contributed by atoms with E-state index in [9.17, 15) is 4.79 Å². The average molecular weight is 181 g/mol. The van der Waals surface area contributed by atoms with E-state index in [1.165, 1.54) is 5.57 Å². The monoisotopic (exact) mass is 181 g/mol. The van der Waals surface area contributed by atoms with Crippen molar-refractivity contribution in [3.05, 3.63) is 11.6 Å². The molecule has 74 valence electrons. The van der Waals surface area contributed by atoms with Gasteiger partial charge in [0.15, 0.2) is 0 Å². The van der Waals surface area contributed by atoms with Crippen molar-refractivity contribution in [3.63, 3.8) is 0 Å². The van der Waals surface area contributed by atoms with Crippen LogP contribution in [0.25, 0.3) is 0 Å². The fraction of sp³-hybridized carbons (Fsp3) is 0.727. The van der Waals surface area contributed by atoms with E-state index in [1.807, 2.05) is 0 Å². The van der Waals surface area contributed by atoms with Gasteiger partial charge in [-0.3, -0.25) is 9.69 Å². The molecule has 1 aliphatic heterocycles. The maximum Gasteiger partial charge on any atom is 0.133 e. The molecule has 0 aromatic rings. The summed E-state index contributed by atoms with van der Waals surface area (Å²) in [6.07, 6.45) is 3.94. The lowest BCUT2D eigenvalue weighted by atomic mass is 10.0. The smallest absolute Gasteiger partial charge is 0.133 e. The lowest BCUT2D eigenvalue weighted by molar-refractivity contribution is -0.116. The van der Waals surface area contributed by atoms with Crippen LogP contribution in [0.1, 0.15) is 33.6 Å². The molecular formula is C11H19NO. The van der Waals surface area contributed by atoms with Crippen LogP contribution >= 0.6 is 0 Å². The van der Waals surface area contributed by atoms with E-state index >= 15 is 0 Å². The first-order valence-corrected chi connectivity index (χ1v) is 5.01. The number of rotatable bonds is 3. The molecule has 0 fully saturated rings. The van der Waals surface area contributed by atoms with Gasteiger partial charge in [0.25, 0.3) is 0 Å². The van der Waals surface area contributed by atoms with Crippen molar-refractivity contribution in [1.29, 1.82) is 0 Å². The first-order valence-electron chi connectivity index (χ1n) is 5.01. The standard InChI is InChI=1S/C11H19NO/c1-9(2)12-6-4-11(5-7-12)8-10(3)13/h4,9H,5-8H2,1-3H3. The molecule has 0 bridgehead atoms. The van der Waals surface area contributed by atoms with Gasteiger partial charge in [-0.25, -0.2) is 0 Å². The zero-order valence-electron chi connectivity index (χ0n) is 8.84. The quantitative estimate of drug-likeness (QED) is 0.621. The Hall–Kier alpha value is -0.630. The van der Waals surface area contributed by atoms with Crippen LogP contribution in [0.15, 0.2) is 11.6 Å². The van der Waals surface area contributed by atoms with Crippen molar-refractivity contribution < 1.29 is 4.79 Å². The molecule has 1 heterocycles. The van der Waals surface area contributed by atoms with Crippen LogP contribution in [0.2, 0.25) is 0 Å². The average Bonchev–Trinajstić information content (AvgIpc) is 2.04. The van der Waals surface area contributed by atoms with Gasteiger partial charge in [0.2, 0.25) is 0 Å². The Morgan fingerprint density at radius 2 is 2.31 bits per heavy atom. The van der Waals surface area contributed by atoms with Crippen molar-refractivity contribution >= 4 is 5.78 Å². The lowest BCUT2D eigenvalue weighted by Crippen LogP contribution is -2.34. The Bertz CT molecular complexity index is 218. The Morgan fingerprint density at radius 1 is 1.62 bits per heavy atom. The summed E-state index contributed by atoms with van der Waals surface area (Å²) in [6, 6.07) is 0.620. The number of nitrogens with zero attached hydrogens (tertiary/aromatic N) is 1. The Labute approximate surface area is 80.6 Å². The fourth-order valence-corrected chi connectivity index (χ4v) is 1.68. The van der Waals surface area contributed by atoms with Crippen LogP contribution in [-0.4, -0.2) is 29.8 Å². The number of ketones is 1. The highest BCUT2D eigenvalue weighted by atomic mass is 16.1. The number of hydrogen-bond acceptors (Lipinski definition) is 2. The van der Waals surface area contributed by atoms with Crippen molar-refractivity contribution in [2.24, 2.45) is 0 Å². The molecule has 2 nitrogen and oxygen atoms in total. The summed E-state index contributed by atoms with van der Waals surface area (Å²) in [4.78, 5) is 13.3. The molecule has 0 atom stereocenters. The predicted octanol–water partition coefficient (Wildman–Crippen LogP) is 2.01. The van der Waals surface area contributed by atoms with Crippen LogP contribution in [0.5, 0.6) is 0 Å². The van der Waals surface area contributed by atoms with E-state index in [1.54, 1.807) is 6.92 Å². The third kappa shape index (κ3) is 3.31. The molecule has 13 heavy (non-hydrogen) atoms. The summed E-state index contributed by atoms with van der Waals surface area (Å²) in [7, 11) is 0. The summed E-state index contributed by atoms with van der Waals surface area (Å²) in [6.45, 7) is 8.21.